The number of anilines is 1. The standard InChI is InChI=1S/C13H19ClN4O/c1-10(18-8-6-17(2)7-9-18)13(19)16-11-4-3-5-15-12(11)14/h3-5,10H,6-9H2,1-2H3,(H,16,19)/t10-/m0/s1. The fraction of sp³-hybridized carbons (Fsp3) is 0.538. The lowest BCUT2D eigenvalue weighted by Gasteiger charge is -2.35. The molecular formula is C13H19ClN4O. The number of likely N-dealkylation sites (N-methyl/N-ethyl adjacent to an activating group) is 1. The number of pyridine rings is 1. The molecule has 1 atom stereocenters. The van der Waals surface area contributed by atoms with Crippen molar-refractivity contribution >= 4 is 23.2 Å². The molecule has 0 bridgehead atoms. The molecule has 0 saturated carbocycles. The highest BCUT2D eigenvalue weighted by Crippen LogP contribution is 2.18. The molecule has 0 unspecified atom stereocenters. The van der Waals surface area contributed by atoms with Gasteiger partial charge in [-0.25, -0.2) is 4.98 Å². The smallest absolute Gasteiger partial charge is 0.241 e. The van der Waals surface area contributed by atoms with E-state index in [1.807, 2.05) is 6.92 Å². The summed E-state index contributed by atoms with van der Waals surface area (Å²) in [6, 6.07) is 3.34. The summed E-state index contributed by atoms with van der Waals surface area (Å²) in [5.41, 5.74) is 0.565. The van der Waals surface area contributed by atoms with Gasteiger partial charge in [0.2, 0.25) is 5.91 Å². The first-order valence-electron chi connectivity index (χ1n) is 6.42. The zero-order chi connectivity index (χ0) is 13.8. The van der Waals surface area contributed by atoms with Crippen molar-refractivity contribution in [3.8, 4) is 0 Å². The molecule has 0 spiro atoms. The first kappa shape index (κ1) is 14.2. The average Bonchev–Trinajstić information content (AvgIpc) is 2.41. The fourth-order valence-electron chi connectivity index (χ4n) is 2.09. The molecule has 5 nitrogen and oxygen atoms in total. The van der Waals surface area contributed by atoms with Crippen molar-refractivity contribution in [2.75, 3.05) is 38.5 Å². The van der Waals surface area contributed by atoms with Crippen LogP contribution in [-0.2, 0) is 4.79 Å². The predicted octanol–water partition coefficient (Wildman–Crippen LogP) is 1.31. The van der Waals surface area contributed by atoms with Crippen LogP contribution in [-0.4, -0.2) is 60.0 Å². The van der Waals surface area contributed by atoms with Crippen LogP contribution < -0.4 is 5.32 Å². The van der Waals surface area contributed by atoms with Crippen molar-refractivity contribution in [1.29, 1.82) is 0 Å². The number of rotatable bonds is 3. The molecule has 1 N–H and O–H groups in total. The van der Waals surface area contributed by atoms with Crippen LogP contribution in [0.1, 0.15) is 6.92 Å². The van der Waals surface area contributed by atoms with E-state index in [1.54, 1.807) is 18.3 Å². The van der Waals surface area contributed by atoms with Crippen molar-refractivity contribution in [1.82, 2.24) is 14.8 Å². The van der Waals surface area contributed by atoms with Crippen LogP contribution in [0.5, 0.6) is 0 Å². The maximum absolute atomic E-state index is 12.2. The first-order chi connectivity index (χ1) is 9.08. The lowest BCUT2D eigenvalue weighted by molar-refractivity contribution is -0.121. The SMILES string of the molecule is C[C@@H](C(=O)Nc1cccnc1Cl)N1CCN(C)CC1. The average molecular weight is 283 g/mol. The Morgan fingerprint density at radius 2 is 2.11 bits per heavy atom. The lowest BCUT2D eigenvalue weighted by Crippen LogP contribution is -2.51. The van der Waals surface area contributed by atoms with E-state index < -0.39 is 0 Å². The highest BCUT2D eigenvalue weighted by molar-refractivity contribution is 6.32. The molecule has 6 heteroatoms. The van der Waals surface area contributed by atoms with Crippen molar-refractivity contribution in [2.45, 2.75) is 13.0 Å². The summed E-state index contributed by atoms with van der Waals surface area (Å²) >= 11 is 5.93. The third kappa shape index (κ3) is 3.65. The molecule has 104 valence electrons. The molecule has 1 fully saturated rings. The summed E-state index contributed by atoms with van der Waals surface area (Å²) in [7, 11) is 2.09. The van der Waals surface area contributed by atoms with Crippen molar-refractivity contribution in [3.05, 3.63) is 23.5 Å². The summed E-state index contributed by atoms with van der Waals surface area (Å²) in [5, 5.41) is 3.15. The van der Waals surface area contributed by atoms with E-state index in [2.05, 4.69) is 27.1 Å². The number of aromatic nitrogens is 1. The second-order valence-electron chi connectivity index (χ2n) is 4.85. The van der Waals surface area contributed by atoms with Gasteiger partial charge in [-0.15, -0.1) is 0 Å². The number of carbonyl (C=O) groups excluding carboxylic acids is 1. The summed E-state index contributed by atoms with van der Waals surface area (Å²) in [4.78, 5) is 20.6. The number of halogens is 1. The molecule has 0 aromatic carbocycles. The van der Waals surface area contributed by atoms with Gasteiger partial charge in [0.25, 0.3) is 0 Å². The van der Waals surface area contributed by atoms with Gasteiger partial charge in [0.15, 0.2) is 5.15 Å². The van der Waals surface area contributed by atoms with Crippen molar-refractivity contribution in [3.63, 3.8) is 0 Å². The van der Waals surface area contributed by atoms with Crippen LogP contribution in [0, 0.1) is 0 Å². The van der Waals surface area contributed by atoms with Crippen LogP contribution in [0.3, 0.4) is 0 Å². The summed E-state index contributed by atoms with van der Waals surface area (Å²) < 4.78 is 0. The molecule has 0 aliphatic carbocycles. The van der Waals surface area contributed by atoms with Gasteiger partial charge in [0.1, 0.15) is 0 Å². The summed E-state index contributed by atoms with van der Waals surface area (Å²) in [6.07, 6.45) is 1.60. The molecule has 19 heavy (non-hydrogen) atoms. The lowest BCUT2D eigenvalue weighted by atomic mass is 10.2. The molecule has 0 radical (unpaired) electrons. The minimum Gasteiger partial charge on any atom is -0.322 e. The maximum Gasteiger partial charge on any atom is 0.241 e. The highest BCUT2D eigenvalue weighted by Gasteiger charge is 2.24. The Labute approximate surface area is 118 Å². The third-order valence-electron chi connectivity index (χ3n) is 3.48. The Hall–Kier alpha value is -1.17. The first-order valence-corrected chi connectivity index (χ1v) is 6.79. The second kappa shape index (κ2) is 6.32. The number of hydrogen-bond acceptors (Lipinski definition) is 4. The molecule has 2 heterocycles. The molecule has 1 aromatic heterocycles. The number of hydrogen-bond donors (Lipinski definition) is 1. The zero-order valence-electron chi connectivity index (χ0n) is 11.3. The second-order valence-corrected chi connectivity index (χ2v) is 5.20. The van der Waals surface area contributed by atoms with Gasteiger partial charge in [-0.2, -0.15) is 0 Å². The quantitative estimate of drug-likeness (QED) is 0.850. The monoisotopic (exact) mass is 282 g/mol. The van der Waals surface area contributed by atoms with Gasteiger partial charge in [0, 0.05) is 32.4 Å². The van der Waals surface area contributed by atoms with E-state index in [4.69, 9.17) is 11.6 Å². The highest BCUT2D eigenvalue weighted by atomic mass is 35.5. The molecule has 1 amide bonds. The van der Waals surface area contributed by atoms with Crippen molar-refractivity contribution < 1.29 is 4.79 Å². The van der Waals surface area contributed by atoms with E-state index in [9.17, 15) is 4.79 Å². The topological polar surface area (TPSA) is 48.5 Å². The van der Waals surface area contributed by atoms with Crippen molar-refractivity contribution in [2.24, 2.45) is 0 Å². The molecule has 2 rings (SSSR count). The van der Waals surface area contributed by atoms with E-state index in [1.165, 1.54) is 0 Å². The largest absolute Gasteiger partial charge is 0.322 e. The van der Waals surface area contributed by atoms with Gasteiger partial charge < -0.3 is 10.2 Å². The van der Waals surface area contributed by atoms with Crippen LogP contribution >= 0.6 is 11.6 Å². The third-order valence-corrected chi connectivity index (χ3v) is 3.78. The van der Waals surface area contributed by atoms with Crippen LogP contribution in [0.15, 0.2) is 18.3 Å². The van der Waals surface area contributed by atoms with Gasteiger partial charge in [-0.1, -0.05) is 11.6 Å². The molecule has 1 saturated heterocycles. The summed E-state index contributed by atoms with van der Waals surface area (Å²) in [5.74, 6) is -0.0422. The van der Waals surface area contributed by atoms with Gasteiger partial charge in [0.05, 0.1) is 11.7 Å². The molecule has 1 aliphatic rings. The van der Waals surface area contributed by atoms with Crippen LogP contribution in [0.25, 0.3) is 0 Å². The van der Waals surface area contributed by atoms with E-state index in [0.717, 1.165) is 26.2 Å². The molecule has 1 aromatic rings. The Balaban J connectivity index is 1.94. The maximum atomic E-state index is 12.2. The zero-order valence-corrected chi connectivity index (χ0v) is 12.0. The van der Waals surface area contributed by atoms with Gasteiger partial charge in [-0.05, 0) is 26.1 Å². The van der Waals surface area contributed by atoms with E-state index in [0.29, 0.717) is 10.8 Å². The van der Waals surface area contributed by atoms with Crippen LogP contribution in [0.2, 0.25) is 5.15 Å². The van der Waals surface area contributed by atoms with E-state index in [-0.39, 0.29) is 11.9 Å². The minimum absolute atomic E-state index is 0.0422. The number of piperazine rings is 1. The van der Waals surface area contributed by atoms with Gasteiger partial charge >= 0.3 is 0 Å². The van der Waals surface area contributed by atoms with E-state index >= 15 is 0 Å². The normalized spacial score (nSPS) is 19.1. The Kier molecular flexibility index (Phi) is 4.74. The molecular weight excluding hydrogens is 264 g/mol. The molecule has 1 aliphatic heterocycles. The number of nitrogens with one attached hydrogen (secondary N) is 1. The Morgan fingerprint density at radius 3 is 2.74 bits per heavy atom. The Morgan fingerprint density at radius 1 is 1.42 bits per heavy atom. The number of amides is 1. The Bertz CT molecular complexity index is 446. The summed E-state index contributed by atoms with van der Waals surface area (Å²) in [6.45, 7) is 5.72. The minimum atomic E-state index is -0.162. The number of nitrogens with zero attached hydrogens (tertiary/aromatic N) is 3. The number of carbonyl (C=O) groups is 1. The van der Waals surface area contributed by atoms with Gasteiger partial charge in [-0.3, -0.25) is 9.69 Å². The fourth-order valence-corrected chi connectivity index (χ4v) is 2.26. The van der Waals surface area contributed by atoms with Crippen LogP contribution in [0.4, 0.5) is 5.69 Å². The predicted molar refractivity (Wildman–Crippen MR) is 76.4 cm³/mol.